The largest absolute Gasteiger partial charge is 0.476 e. The van der Waals surface area contributed by atoms with Gasteiger partial charge in [-0.1, -0.05) is 12.1 Å². The number of hydrogen-bond acceptors (Lipinski definition) is 5. The molecule has 0 fully saturated rings. The molecule has 0 bridgehead atoms. The summed E-state index contributed by atoms with van der Waals surface area (Å²) in [5.41, 5.74) is 1.85. The minimum atomic E-state index is -3.04. The first kappa shape index (κ1) is 15.2. The molecule has 110 valence electrons. The molecule has 0 radical (unpaired) electrons. The lowest BCUT2D eigenvalue weighted by Crippen LogP contribution is -2.02. The van der Waals surface area contributed by atoms with Crippen molar-refractivity contribution in [3.05, 3.63) is 35.4 Å². The standard InChI is InChI=1S/C14H20NO4P/c1-3-18-20(16,19-4-2)11-12-5-7-13(8-6-12)14-15-9-10-17-14/h5-8H,3-4,9-11H2,1-2H3. The van der Waals surface area contributed by atoms with E-state index in [4.69, 9.17) is 13.8 Å². The summed E-state index contributed by atoms with van der Waals surface area (Å²) in [6.45, 7) is 5.72. The van der Waals surface area contributed by atoms with Gasteiger partial charge in [-0.15, -0.1) is 0 Å². The molecule has 0 aromatic heterocycles. The van der Waals surface area contributed by atoms with Crippen molar-refractivity contribution in [1.29, 1.82) is 0 Å². The molecule has 0 saturated heterocycles. The minimum absolute atomic E-state index is 0.280. The summed E-state index contributed by atoms with van der Waals surface area (Å²) < 4.78 is 28.4. The normalized spacial score (nSPS) is 15.0. The summed E-state index contributed by atoms with van der Waals surface area (Å²) in [6, 6.07) is 7.65. The van der Waals surface area contributed by atoms with E-state index in [1.165, 1.54) is 0 Å². The van der Waals surface area contributed by atoms with E-state index in [0.29, 0.717) is 32.3 Å². The second kappa shape index (κ2) is 7.02. The highest BCUT2D eigenvalue weighted by atomic mass is 31.2. The van der Waals surface area contributed by atoms with Gasteiger partial charge in [0.2, 0.25) is 5.90 Å². The zero-order valence-electron chi connectivity index (χ0n) is 11.9. The van der Waals surface area contributed by atoms with Crippen LogP contribution in [0.1, 0.15) is 25.0 Å². The summed E-state index contributed by atoms with van der Waals surface area (Å²) in [5, 5.41) is 0. The van der Waals surface area contributed by atoms with Crippen molar-refractivity contribution in [2.45, 2.75) is 20.0 Å². The molecule has 1 aromatic rings. The summed E-state index contributed by atoms with van der Waals surface area (Å²) >= 11 is 0. The molecule has 6 heteroatoms. The number of hydrogen-bond donors (Lipinski definition) is 0. The summed E-state index contributed by atoms with van der Waals surface area (Å²) in [5.74, 6) is 0.675. The molecule has 0 saturated carbocycles. The maximum Gasteiger partial charge on any atom is 0.335 e. The SMILES string of the molecule is CCOP(=O)(Cc1ccc(C2=NCCO2)cc1)OCC. The third-order valence-corrected chi connectivity index (χ3v) is 4.87. The van der Waals surface area contributed by atoms with Crippen LogP contribution in [0.25, 0.3) is 0 Å². The van der Waals surface area contributed by atoms with Gasteiger partial charge in [0.15, 0.2) is 0 Å². The number of ether oxygens (including phenoxy) is 1. The molecule has 1 aliphatic rings. The van der Waals surface area contributed by atoms with Crippen LogP contribution in [-0.2, 0) is 24.5 Å². The molecule has 0 atom stereocenters. The lowest BCUT2D eigenvalue weighted by atomic mass is 10.1. The molecule has 20 heavy (non-hydrogen) atoms. The first-order valence-electron chi connectivity index (χ1n) is 6.81. The molecule has 1 aliphatic heterocycles. The van der Waals surface area contributed by atoms with Crippen molar-refractivity contribution in [2.24, 2.45) is 4.99 Å². The maximum atomic E-state index is 12.4. The van der Waals surface area contributed by atoms with Gasteiger partial charge in [0.25, 0.3) is 0 Å². The lowest BCUT2D eigenvalue weighted by molar-refractivity contribution is 0.219. The highest BCUT2D eigenvalue weighted by Crippen LogP contribution is 2.51. The van der Waals surface area contributed by atoms with Gasteiger partial charge in [-0.05, 0) is 31.5 Å². The fraction of sp³-hybridized carbons (Fsp3) is 0.500. The molecule has 0 aliphatic carbocycles. The molecular formula is C14H20NO4P. The Morgan fingerprint density at radius 2 is 1.85 bits per heavy atom. The van der Waals surface area contributed by atoms with Crippen LogP contribution in [0.4, 0.5) is 0 Å². The van der Waals surface area contributed by atoms with E-state index in [0.717, 1.165) is 11.1 Å². The van der Waals surface area contributed by atoms with E-state index in [9.17, 15) is 4.57 Å². The second-order valence-corrected chi connectivity index (χ2v) is 6.39. The molecule has 5 nitrogen and oxygen atoms in total. The Hall–Kier alpha value is -1.16. The van der Waals surface area contributed by atoms with Crippen molar-refractivity contribution in [1.82, 2.24) is 0 Å². The smallest absolute Gasteiger partial charge is 0.335 e. The fourth-order valence-corrected chi connectivity index (χ4v) is 3.71. The Balaban J connectivity index is 2.07. The summed E-state index contributed by atoms with van der Waals surface area (Å²) in [7, 11) is -3.04. The number of aliphatic imine (C=N–C) groups is 1. The molecule has 0 N–H and O–H groups in total. The quantitative estimate of drug-likeness (QED) is 0.725. The first-order chi connectivity index (χ1) is 9.67. The van der Waals surface area contributed by atoms with Gasteiger partial charge in [0.05, 0.1) is 25.9 Å². The van der Waals surface area contributed by atoms with Gasteiger partial charge < -0.3 is 13.8 Å². The highest BCUT2D eigenvalue weighted by molar-refractivity contribution is 7.53. The highest BCUT2D eigenvalue weighted by Gasteiger charge is 2.24. The van der Waals surface area contributed by atoms with Crippen LogP contribution in [-0.4, -0.2) is 32.3 Å². The van der Waals surface area contributed by atoms with Crippen LogP contribution in [0.2, 0.25) is 0 Å². The summed E-state index contributed by atoms with van der Waals surface area (Å²) in [4.78, 5) is 4.26. The fourth-order valence-electron chi connectivity index (χ4n) is 2.01. The third kappa shape index (κ3) is 3.92. The molecule has 0 spiro atoms. The van der Waals surface area contributed by atoms with Gasteiger partial charge in [0, 0.05) is 5.56 Å². The number of nitrogens with zero attached hydrogens (tertiary/aromatic N) is 1. The van der Waals surface area contributed by atoms with E-state index in [2.05, 4.69) is 4.99 Å². The van der Waals surface area contributed by atoms with Crippen molar-refractivity contribution >= 4 is 13.5 Å². The van der Waals surface area contributed by atoms with E-state index in [-0.39, 0.29) is 6.16 Å². The molecule has 0 amide bonds. The van der Waals surface area contributed by atoms with Crippen molar-refractivity contribution < 1.29 is 18.3 Å². The Labute approximate surface area is 119 Å². The van der Waals surface area contributed by atoms with Crippen LogP contribution in [0.15, 0.2) is 29.3 Å². The Morgan fingerprint density at radius 3 is 2.35 bits per heavy atom. The van der Waals surface area contributed by atoms with E-state index in [1.807, 2.05) is 38.1 Å². The predicted molar refractivity (Wildman–Crippen MR) is 78.4 cm³/mol. The maximum absolute atomic E-state index is 12.4. The average molecular weight is 297 g/mol. The zero-order valence-corrected chi connectivity index (χ0v) is 12.8. The van der Waals surface area contributed by atoms with Crippen LogP contribution >= 0.6 is 7.60 Å². The first-order valence-corrected chi connectivity index (χ1v) is 8.54. The lowest BCUT2D eigenvalue weighted by Gasteiger charge is -2.17. The van der Waals surface area contributed by atoms with Gasteiger partial charge in [0.1, 0.15) is 6.61 Å². The van der Waals surface area contributed by atoms with Gasteiger partial charge in [-0.2, -0.15) is 0 Å². The van der Waals surface area contributed by atoms with Crippen molar-refractivity contribution in [3.63, 3.8) is 0 Å². The predicted octanol–water partition coefficient (Wildman–Crippen LogP) is 3.23. The van der Waals surface area contributed by atoms with E-state index >= 15 is 0 Å². The van der Waals surface area contributed by atoms with Crippen molar-refractivity contribution in [2.75, 3.05) is 26.4 Å². The average Bonchev–Trinajstić information content (AvgIpc) is 2.94. The Bertz CT molecular complexity index is 502. The monoisotopic (exact) mass is 297 g/mol. The van der Waals surface area contributed by atoms with Crippen LogP contribution in [0.3, 0.4) is 0 Å². The second-order valence-electron chi connectivity index (χ2n) is 4.34. The Kier molecular flexibility index (Phi) is 5.35. The van der Waals surface area contributed by atoms with Crippen LogP contribution in [0.5, 0.6) is 0 Å². The van der Waals surface area contributed by atoms with Crippen LogP contribution < -0.4 is 0 Å². The van der Waals surface area contributed by atoms with E-state index in [1.54, 1.807) is 0 Å². The minimum Gasteiger partial charge on any atom is -0.476 e. The zero-order chi connectivity index (χ0) is 14.4. The molecule has 1 heterocycles. The van der Waals surface area contributed by atoms with Gasteiger partial charge in [-0.25, -0.2) is 4.99 Å². The third-order valence-electron chi connectivity index (χ3n) is 2.81. The van der Waals surface area contributed by atoms with Crippen molar-refractivity contribution in [3.8, 4) is 0 Å². The Morgan fingerprint density at radius 1 is 1.20 bits per heavy atom. The molecule has 2 rings (SSSR count). The van der Waals surface area contributed by atoms with E-state index < -0.39 is 7.60 Å². The van der Waals surface area contributed by atoms with Crippen LogP contribution in [0, 0.1) is 0 Å². The molecular weight excluding hydrogens is 277 g/mol. The number of rotatable bonds is 7. The number of benzene rings is 1. The molecule has 1 aromatic carbocycles. The van der Waals surface area contributed by atoms with Gasteiger partial charge >= 0.3 is 7.60 Å². The summed E-state index contributed by atoms with van der Waals surface area (Å²) in [6.07, 6.45) is 0.280. The molecule has 0 unspecified atom stereocenters. The topological polar surface area (TPSA) is 57.1 Å². The van der Waals surface area contributed by atoms with Gasteiger partial charge in [-0.3, -0.25) is 4.57 Å².